The van der Waals surface area contributed by atoms with Gasteiger partial charge in [0.15, 0.2) is 17.0 Å². The lowest BCUT2D eigenvalue weighted by Crippen LogP contribution is -2.15. The van der Waals surface area contributed by atoms with Crippen LogP contribution in [0.2, 0.25) is 5.02 Å². The molecule has 0 spiro atoms. The van der Waals surface area contributed by atoms with E-state index in [0.717, 1.165) is 17.2 Å². The fourth-order valence-electron chi connectivity index (χ4n) is 3.97. The van der Waals surface area contributed by atoms with Crippen molar-refractivity contribution in [2.75, 3.05) is 12.4 Å². The van der Waals surface area contributed by atoms with Crippen molar-refractivity contribution in [3.05, 3.63) is 94.5 Å². The molecule has 194 valence electrons. The van der Waals surface area contributed by atoms with E-state index in [1.54, 1.807) is 35.1 Å². The van der Waals surface area contributed by atoms with E-state index >= 15 is 0 Å². The fourth-order valence-corrected chi connectivity index (χ4v) is 4.22. The van der Waals surface area contributed by atoms with Gasteiger partial charge in [0.2, 0.25) is 0 Å². The number of benzene rings is 2. The summed E-state index contributed by atoms with van der Waals surface area (Å²) >= 11 is 6.37. The van der Waals surface area contributed by atoms with E-state index in [1.807, 2.05) is 31.2 Å². The number of nitrogens with one attached hydrogen (secondary N) is 1. The van der Waals surface area contributed by atoms with Gasteiger partial charge in [-0.2, -0.15) is 23.4 Å². The van der Waals surface area contributed by atoms with Crippen LogP contribution >= 0.6 is 11.6 Å². The largest absolute Gasteiger partial charge is 0.497 e. The number of halogens is 4. The predicted molar refractivity (Wildman–Crippen MR) is 135 cm³/mol. The number of carbonyl (C=O) groups is 1. The Hall–Kier alpha value is -4.38. The zero-order chi connectivity index (χ0) is 27.0. The van der Waals surface area contributed by atoms with Gasteiger partial charge in [-0.05, 0) is 30.7 Å². The van der Waals surface area contributed by atoms with Crippen molar-refractivity contribution in [3.8, 4) is 17.0 Å². The van der Waals surface area contributed by atoms with Crippen LogP contribution in [0.15, 0.2) is 67.0 Å². The molecule has 1 amide bonds. The van der Waals surface area contributed by atoms with Gasteiger partial charge in [0.1, 0.15) is 10.8 Å². The summed E-state index contributed by atoms with van der Waals surface area (Å²) < 4.78 is 49.3. The van der Waals surface area contributed by atoms with Gasteiger partial charge in [-0.15, -0.1) is 0 Å². The molecule has 2 aromatic carbocycles. The number of carbonyl (C=O) groups excluding carboxylic acids is 1. The minimum atomic E-state index is -4.80. The molecule has 12 heteroatoms. The number of amides is 1. The molecule has 0 unspecified atom stereocenters. The summed E-state index contributed by atoms with van der Waals surface area (Å²) in [7, 11) is 1.45. The molecule has 0 aliphatic carbocycles. The van der Waals surface area contributed by atoms with Crippen LogP contribution in [-0.4, -0.2) is 37.4 Å². The first-order chi connectivity index (χ1) is 18.1. The Balaban J connectivity index is 1.47. The number of alkyl halides is 3. The van der Waals surface area contributed by atoms with Gasteiger partial charge in [0, 0.05) is 11.8 Å². The van der Waals surface area contributed by atoms with Gasteiger partial charge in [-0.3, -0.25) is 9.48 Å². The lowest BCUT2D eigenvalue weighted by Gasteiger charge is -2.11. The number of hydrogen-bond donors (Lipinski definition) is 1. The van der Waals surface area contributed by atoms with Crippen LogP contribution in [0.4, 0.5) is 18.9 Å². The van der Waals surface area contributed by atoms with Crippen molar-refractivity contribution < 1.29 is 22.7 Å². The maximum atomic E-state index is 14.0. The standard InChI is InChI=1S/C26H20ClF3N6O2/c1-15-5-3-6-16(9-15)13-35-14-18(12-31-35)32-25(37)23-22(27)24-33-20(17-7-4-8-19(10-17)38-2)11-21(26(28,29)30)36(24)34-23/h3-12,14H,13H2,1-2H3,(H,32,37). The first-order valence-electron chi connectivity index (χ1n) is 11.3. The van der Waals surface area contributed by atoms with Gasteiger partial charge in [0.05, 0.1) is 31.2 Å². The van der Waals surface area contributed by atoms with Crippen molar-refractivity contribution in [1.29, 1.82) is 0 Å². The molecule has 5 aromatic rings. The molecule has 38 heavy (non-hydrogen) atoms. The van der Waals surface area contributed by atoms with E-state index < -0.39 is 23.5 Å². The van der Waals surface area contributed by atoms with E-state index in [9.17, 15) is 18.0 Å². The molecular weight excluding hydrogens is 521 g/mol. The summed E-state index contributed by atoms with van der Waals surface area (Å²) in [5, 5.41) is 10.4. The average Bonchev–Trinajstić information content (AvgIpc) is 3.46. The second-order valence-electron chi connectivity index (χ2n) is 8.52. The maximum Gasteiger partial charge on any atom is 0.433 e. The Bertz CT molecular complexity index is 1660. The molecular formula is C26H20ClF3N6O2. The molecule has 0 atom stereocenters. The third kappa shape index (κ3) is 5.05. The lowest BCUT2D eigenvalue weighted by atomic mass is 10.1. The van der Waals surface area contributed by atoms with Crippen molar-refractivity contribution in [3.63, 3.8) is 0 Å². The number of anilines is 1. The molecule has 5 rings (SSSR count). The third-order valence-corrected chi connectivity index (χ3v) is 6.07. The van der Waals surface area contributed by atoms with Gasteiger partial charge in [-0.25, -0.2) is 9.50 Å². The predicted octanol–water partition coefficient (Wildman–Crippen LogP) is 5.88. The number of nitrogens with zero attached hydrogens (tertiary/aromatic N) is 5. The molecule has 1 N–H and O–H groups in total. The highest BCUT2D eigenvalue weighted by Gasteiger charge is 2.36. The van der Waals surface area contributed by atoms with Crippen LogP contribution in [0, 0.1) is 6.92 Å². The molecule has 3 aromatic heterocycles. The molecule has 0 bridgehead atoms. The Kier molecular flexibility index (Phi) is 6.53. The number of rotatable bonds is 6. The number of fused-ring (bicyclic) bond motifs is 1. The molecule has 0 radical (unpaired) electrons. The number of aryl methyl sites for hydroxylation is 1. The lowest BCUT2D eigenvalue weighted by molar-refractivity contribution is -0.142. The molecule has 0 aliphatic heterocycles. The van der Waals surface area contributed by atoms with Gasteiger partial charge < -0.3 is 10.1 Å². The monoisotopic (exact) mass is 540 g/mol. The first kappa shape index (κ1) is 25.3. The van der Waals surface area contributed by atoms with E-state index in [0.29, 0.717) is 28.1 Å². The minimum absolute atomic E-state index is 0.00471. The highest BCUT2D eigenvalue weighted by atomic mass is 35.5. The van der Waals surface area contributed by atoms with Gasteiger partial charge >= 0.3 is 6.18 Å². The number of aromatic nitrogens is 5. The normalized spacial score (nSPS) is 11.6. The zero-order valence-corrected chi connectivity index (χ0v) is 20.9. The van der Waals surface area contributed by atoms with Crippen LogP contribution in [0.3, 0.4) is 0 Å². The molecule has 3 heterocycles. The highest BCUT2D eigenvalue weighted by molar-refractivity contribution is 6.37. The van der Waals surface area contributed by atoms with E-state index in [2.05, 4.69) is 20.5 Å². The van der Waals surface area contributed by atoms with Crippen LogP contribution < -0.4 is 10.1 Å². The quantitative estimate of drug-likeness (QED) is 0.290. The van der Waals surface area contributed by atoms with Crippen LogP contribution in [0.1, 0.15) is 27.3 Å². The number of methoxy groups -OCH3 is 1. The van der Waals surface area contributed by atoms with Crippen LogP contribution in [-0.2, 0) is 12.7 Å². The molecule has 0 aliphatic rings. The average molecular weight is 541 g/mol. The minimum Gasteiger partial charge on any atom is -0.497 e. The molecule has 0 saturated carbocycles. The van der Waals surface area contributed by atoms with E-state index in [1.165, 1.54) is 13.3 Å². The second kappa shape index (κ2) is 9.82. The summed E-state index contributed by atoms with van der Waals surface area (Å²) in [5.74, 6) is -0.355. The summed E-state index contributed by atoms with van der Waals surface area (Å²) in [4.78, 5) is 17.3. The Morgan fingerprint density at radius 2 is 1.92 bits per heavy atom. The highest BCUT2D eigenvalue weighted by Crippen LogP contribution is 2.35. The van der Waals surface area contributed by atoms with Crippen molar-refractivity contribution in [2.45, 2.75) is 19.6 Å². The smallest absolute Gasteiger partial charge is 0.433 e. The number of hydrogen-bond acceptors (Lipinski definition) is 5. The zero-order valence-electron chi connectivity index (χ0n) is 20.1. The SMILES string of the molecule is COc1cccc(-c2cc(C(F)(F)F)n3nc(C(=O)Nc4cnn(Cc5cccc(C)c5)c4)c(Cl)c3n2)c1. The van der Waals surface area contributed by atoms with Crippen molar-refractivity contribution in [2.24, 2.45) is 0 Å². The van der Waals surface area contributed by atoms with Gasteiger partial charge in [-0.1, -0.05) is 53.6 Å². The second-order valence-corrected chi connectivity index (χ2v) is 8.90. The van der Waals surface area contributed by atoms with E-state index in [4.69, 9.17) is 16.3 Å². The molecule has 0 fully saturated rings. The summed E-state index contributed by atoms with van der Waals surface area (Å²) in [6, 6.07) is 15.2. The van der Waals surface area contributed by atoms with Crippen molar-refractivity contribution in [1.82, 2.24) is 24.4 Å². The van der Waals surface area contributed by atoms with Crippen molar-refractivity contribution >= 4 is 28.8 Å². The molecule has 0 saturated heterocycles. The topological polar surface area (TPSA) is 86.3 Å². The summed E-state index contributed by atoms with van der Waals surface area (Å²) in [5.41, 5.74) is 0.983. The fraction of sp³-hybridized carbons (Fsp3) is 0.154. The van der Waals surface area contributed by atoms with Gasteiger partial charge in [0.25, 0.3) is 5.91 Å². The first-order valence-corrected chi connectivity index (χ1v) is 11.7. The Labute approximate surface area is 219 Å². The third-order valence-electron chi connectivity index (χ3n) is 5.72. The van der Waals surface area contributed by atoms with Crippen LogP contribution in [0.25, 0.3) is 16.9 Å². The van der Waals surface area contributed by atoms with E-state index in [-0.39, 0.29) is 16.4 Å². The summed E-state index contributed by atoms with van der Waals surface area (Å²) in [6.07, 6.45) is -1.77. The Morgan fingerprint density at radius 3 is 2.66 bits per heavy atom. The Morgan fingerprint density at radius 1 is 1.13 bits per heavy atom. The van der Waals surface area contributed by atoms with Crippen LogP contribution in [0.5, 0.6) is 5.75 Å². The molecule has 8 nitrogen and oxygen atoms in total. The number of ether oxygens (including phenoxy) is 1. The maximum absolute atomic E-state index is 14.0. The summed E-state index contributed by atoms with van der Waals surface area (Å²) in [6.45, 7) is 2.45.